The van der Waals surface area contributed by atoms with Gasteiger partial charge in [-0.05, 0) is 48.5 Å². The summed E-state index contributed by atoms with van der Waals surface area (Å²) in [7, 11) is 0. The number of anilines is 2. The summed E-state index contributed by atoms with van der Waals surface area (Å²) < 4.78 is 11.3. The van der Waals surface area contributed by atoms with Gasteiger partial charge in [-0.15, -0.1) is 0 Å². The van der Waals surface area contributed by atoms with Crippen LogP contribution in [-0.2, 0) is 19.2 Å². The van der Waals surface area contributed by atoms with Gasteiger partial charge in [-0.2, -0.15) is 0 Å². The molecule has 8 nitrogen and oxygen atoms in total. The highest BCUT2D eigenvalue weighted by Gasteiger charge is 2.25. The molecule has 0 atom stereocenters. The molecule has 2 aliphatic rings. The molecule has 0 aromatic heterocycles. The highest BCUT2D eigenvalue weighted by atomic mass is 16.5. The fourth-order valence-electron chi connectivity index (χ4n) is 3.13. The second-order valence-corrected chi connectivity index (χ2v) is 6.73. The monoisotopic (exact) mass is 418 g/mol. The Bertz CT molecular complexity index is 963. The first-order valence-electron chi connectivity index (χ1n) is 9.61. The Morgan fingerprint density at radius 2 is 0.839 bits per heavy atom. The van der Waals surface area contributed by atoms with Crippen molar-refractivity contribution in [2.75, 3.05) is 23.0 Å². The van der Waals surface area contributed by atoms with Crippen LogP contribution in [0.15, 0.2) is 72.8 Å². The van der Waals surface area contributed by atoms with Crippen LogP contribution in [0.25, 0.3) is 0 Å². The van der Waals surface area contributed by atoms with Gasteiger partial charge < -0.3 is 9.47 Å². The lowest BCUT2D eigenvalue weighted by Crippen LogP contribution is -2.29. The maximum Gasteiger partial charge on any atom is 0.258 e. The zero-order valence-corrected chi connectivity index (χ0v) is 16.4. The molecule has 4 amide bonds. The summed E-state index contributed by atoms with van der Waals surface area (Å²) in [4.78, 5) is 48.9. The molecule has 2 aromatic rings. The number of carbonyl (C=O) groups is 4. The number of ether oxygens (including phenoxy) is 2. The van der Waals surface area contributed by atoms with Crippen LogP contribution < -0.4 is 19.3 Å². The second-order valence-electron chi connectivity index (χ2n) is 6.73. The second kappa shape index (κ2) is 8.66. The molecule has 0 N–H and O–H groups in total. The third-order valence-corrected chi connectivity index (χ3v) is 4.63. The van der Waals surface area contributed by atoms with E-state index in [0.717, 1.165) is 9.80 Å². The van der Waals surface area contributed by atoms with E-state index in [-0.39, 0.29) is 23.6 Å². The van der Waals surface area contributed by atoms with Gasteiger partial charge in [-0.25, -0.2) is 9.80 Å². The van der Waals surface area contributed by atoms with E-state index < -0.39 is 0 Å². The molecule has 0 fully saturated rings. The van der Waals surface area contributed by atoms with Crippen LogP contribution in [0.1, 0.15) is 6.42 Å². The lowest BCUT2D eigenvalue weighted by molar-refractivity contribution is -0.121. The molecule has 0 saturated carbocycles. The van der Waals surface area contributed by atoms with Crippen molar-refractivity contribution >= 4 is 35.0 Å². The van der Waals surface area contributed by atoms with Gasteiger partial charge in [0.05, 0.1) is 24.6 Å². The number of carbonyl (C=O) groups excluding carboxylic acids is 4. The van der Waals surface area contributed by atoms with E-state index in [1.807, 2.05) is 0 Å². The van der Waals surface area contributed by atoms with E-state index in [1.54, 1.807) is 48.5 Å². The minimum atomic E-state index is -0.362. The SMILES string of the molecule is O=C1C=CC(=O)N1c1ccc(OCCCOc2ccc(N3C(=O)C=CC3=O)cc2)cc1. The van der Waals surface area contributed by atoms with E-state index >= 15 is 0 Å². The molecular formula is C23H18N2O6. The van der Waals surface area contributed by atoms with Crippen molar-refractivity contribution in [3.05, 3.63) is 72.8 Å². The van der Waals surface area contributed by atoms with Crippen molar-refractivity contribution in [1.82, 2.24) is 0 Å². The van der Waals surface area contributed by atoms with Gasteiger partial charge in [0.1, 0.15) is 11.5 Å². The van der Waals surface area contributed by atoms with E-state index in [2.05, 4.69) is 0 Å². The summed E-state index contributed by atoms with van der Waals surface area (Å²) in [5.41, 5.74) is 0.986. The van der Waals surface area contributed by atoms with Crippen LogP contribution in [-0.4, -0.2) is 36.8 Å². The van der Waals surface area contributed by atoms with E-state index in [4.69, 9.17) is 9.47 Å². The van der Waals surface area contributed by atoms with Gasteiger partial charge in [0, 0.05) is 30.7 Å². The standard InChI is InChI=1S/C23H18N2O6/c26-20-10-11-21(27)24(20)16-2-6-18(7-3-16)30-14-1-15-31-19-8-4-17(5-9-19)25-22(28)12-13-23(25)29/h2-13H,1,14-15H2. The summed E-state index contributed by atoms with van der Waals surface area (Å²) >= 11 is 0. The van der Waals surface area contributed by atoms with Crippen LogP contribution in [0.4, 0.5) is 11.4 Å². The molecular weight excluding hydrogens is 400 g/mol. The number of nitrogens with zero attached hydrogens (tertiary/aromatic N) is 2. The Labute approximate surface area is 178 Å². The number of imide groups is 2. The predicted octanol–water partition coefficient (Wildman–Crippen LogP) is 2.39. The maximum atomic E-state index is 11.7. The minimum absolute atomic E-state index is 0.362. The Hall–Kier alpha value is -4.20. The Morgan fingerprint density at radius 3 is 1.16 bits per heavy atom. The third kappa shape index (κ3) is 4.37. The number of hydrogen-bond donors (Lipinski definition) is 0. The van der Waals surface area contributed by atoms with Crippen molar-refractivity contribution in [1.29, 1.82) is 0 Å². The molecule has 2 aliphatic heterocycles. The fourth-order valence-corrected chi connectivity index (χ4v) is 3.13. The molecule has 0 spiro atoms. The van der Waals surface area contributed by atoms with Gasteiger partial charge in [0.15, 0.2) is 0 Å². The molecule has 156 valence electrons. The highest BCUT2D eigenvalue weighted by Crippen LogP contribution is 2.24. The summed E-state index contributed by atoms with van der Waals surface area (Å²) in [6.45, 7) is 0.839. The fraction of sp³-hybridized carbons (Fsp3) is 0.130. The summed E-state index contributed by atoms with van der Waals surface area (Å²) in [5.74, 6) is -0.209. The first kappa shape index (κ1) is 20.1. The molecule has 4 rings (SSSR count). The summed E-state index contributed by atoms with van der Waals surface area (Å²) in [5, 5.41) is 0. The summed E-state index contributed by atoms with van der Waals surface area (Å²) in [6.07, 6.45) is 5.58. The molecule has 0 radical (unpaired) electrons. The van der Waals surface area contributed by atoms with Gasteiger partial charge >= 0.3 is 0 Å². The zero-order chi connectivity index (χ0) is 21.8. The smallest absolute Gasteiger partial charge is 0.258 e. The first-order valence-corrected chi connectivity index (χ1v) is 9.61. The largest absolute Gasteiger partial charge is 0.493 e. The van der Waals surface area contributed by atoms with E-state index in [9.17, 15) is 19.2 Å². The maximum absolute atomic E-state index is 11.7. The molecule has 0 bridgehead atoms. The summed E-state index contributed by atoms with van der Waals surface area (Å²) in [6, 6.07) is 13.4. The number of benzene rings is 2. The topological polar surface area (TPSA) is 93.2 Å². The molecule has 0 aliphatic carbocycles. The lowest BCUT2D eigenvalue weighted by Gasteiger charge is -2.15. The van der Waals surface area contributed by atoms with Crippen LogP contribution in [0.3, 0.4) is 0 Å². The third-order valence-electron chi connectivity index (χ3n) is 4.63. The zero-order valence-electron chi connectivity index (χ0n) is 16.4. The molecule has 8 heteroatoms. The van der Waals surface area contributed by atoms with Gasteiger partial charge in [0.2, 0.25) is 0 Å². The number of hydrogen-bond acceptors (Lipinski definition) is 6. The van der Waals surface area contributed by atoms with E-state index in [1.165, 1.54) is 24.3 Å². The Balaban J connectivity index is 1.20. The number of amides is 4. The van der Waals surface area contributed by atoms with Gasteiger partial charge in [-0.1, -0.05) is 0 Å². The average molecular weight is 418 g/mol. The van der Waals surface area contributed by atoms with Crippen molar-refractivity contribution in [3.63, 3.8) is 0 Å². The van der Waals surface area contributed by atoms with Crippen LogP contribution in [0.2, 0.25) is 0 Å². The van der Waals surface area contributed by atoms with Gasteiger partial charge in [-0.3, -0.25) is 19.2 Å². The van der Waals surface area contributed by atoms with Crippen LogP contribution >= 0.6 is 0 Å². The molecule has 31 heavy (non-hydrogen) atoms. The first-order chi connectivity index (χ1) is 15.0. The Morgan fingerprint density at radius 1 is 0.516 bits per heavy atom. The molecule has 0 saturated heterocycles. The predicted molar refractivity (Wildman–Crippen MR) is 112 cm³/mol. The quantitative estimate of drug-likeness (QED) is 0.483. The van der Waals surface area contributed by atoms with Crippen LogP contribution in [0.5, 0.6) is 11.5 Å². The average Bonchev–Trinajstić information content (AvgIpc) is 3.29. The number of rotatable bonds is 8. The van der Waals surface area contributed by atoms with Crippen LogP contribution in [0, 0.1) is 0 Å². The van der Waals surface area contributed by atoms with Crippen molar-refractivity contribution in [2.45, 2.75) is 6.42 Å². The highest BCUT2D eigenvalue weighted by molar-refractivity contribution is 6.28. The lowest BCUT2D eigenvalue weighted by atomic mass is 10.2. The Kier molecular flexibility index (Phi) is 5.61. The molecule has 2 heterocycles. The van der Waals surface area contributed by atoms with Crippen molar-refractivity contribution in [2.24, 2.45) is 0 Å². The van der Waals surface area contributed by atoms with Crippen molar-refractivity contribution < 1.29 is 28.7 Å². The van der Waals surface area contributed by atoms with Crippen molar-refractivity contribution in [3.8, 4) is 11.5 Å². The minimum Gasteiger partial charge on any atom is -0.493 e. The van der Waals surface area contributed by atoms with E-state index in [0.29, 0.717) is 42.5 Å². The molecule has 2 aromatic carbocycles. The van der Waals surface area contributed by atoms with Gasteiger partial charge in [0.25, 0.3) is 23.6 Å². The normalized spacial score (nSPS) is 15.4. The molecule has 0 unspecified atom stereocenters.